The Morgan fingerprint density at radius 2 is 1.75 bits per heavy atom. The molecule has 0 radical (unpaired) electrons. The van der Waals surface area contributed by atoms with Gasteiger partial charge in [0.1, 0.15) is 4.32 Å². The molecular formula is C15H12N2OS2. The number of nitrogens with zero attached hydrogens (tertiary/aromatic N) is 2. The Labute approximate surface area is 127 Å². The Hall–Kier alpha value is -1.85. The van der Waals surface area contributed by atoms with E-state index in [0.717, 1.165) is 11.3 Å². The predicted molar refractivity (Wildman–Crippen MR) is 87.2 cm³/mol. The van der Waals surface area contributed by atoms with Crippen LogP contribution in [-0.2, 0) is 4.79 Å². The minimum absolute atomic E-state index is 0.0301. The number of thioether (sulfide) groups is 1. The molecule has 0 aromatic heterocycles. The van der Waals surface area contributed by atoms with E-state index in [9.17, 15) is 4.79 Å². The average Bonchev–Trinajstić information content (AvgIpc) is 2.76. The normalized spacial score (nSPS) is 18.4. The number of thiocarbonyl (C=S) groups is 1. The molecule has 0 spiro atoms. The van der Waals surface area contributed by atoms with Gasteiger partial charge in [0.25, 0.3) is 5.91 Å². The molecule has 1 saturated heterocycles. The molecule has 0 aliphatic carbocycles. The number of amides is 1. The van der Waals surface area contributed by atoms with Crippen LogP contribution in [0.1, 0.15) is 0 Å². The number of hydrogen-bond donors (Lipinski definition) is 0. The molecule has 3 nitrogen and oxygen atoms in total. The van der Waals surface area contributed by atoms with Crippen molar-refractivity contribution < 1.29 is 4.79 Å². The SMILES string of the molecule is CN1C(=O)C(=C2C=CN(c3ccccc3)C=C2)SC1=S. The summed E-state index contributed by atoms with van der Waals surface area (Å²) in [6.45, 7) is 0. The summed E-state index contributed by atoms with van der Waals surface area (Å²) < 4.78 is 0.602. The van der Waals surface area contributed by atoms with Crippen LogP contribution in [0.15, 0.2) is 65.4 Å². The van der Waals surface area contributed by atoms with Crippen molar-refractivity contribution in [2.24, 2.45) is 0 Å². The van der Waals surface area contributed by atoms with Crippen LogP contribution in [0.3, 0.4) is 0 Å². The van der Waals surface area contributed by atoms with Crippen molar-refractivity contribution in [3.63, 3.8) is 0 Å². The second-order valence-corrected chi connectivity index (χ2v) is 6.04. The first kappa shape index (κ1) is 13.1. The highest BCUT2D eigenvalue weighted by atomic mass is 32.2. The lowest BCUT2D eigenvalue weighted by Crippen LogP contribution is -2.22. The van der Waals surface area contributed by atoms with E-state index in [0.29, 0.717) is 9.23 Å². The molecule has 0 N–H and O–H groups in total. The van der Waals surface area contributed by atoms with Crippen molar-refractivity contribution in [3.05, 3.63) is 65.4 Å². The van der Waals surface area contributed by atoms with E-state index >= 15 is 0 Å². The van der Waals surface area contributed by atoms with Crippen molar-refractivity contribution in [1.29, 1.82) is 0 Å². The first-order valence-electron chi connectivity index (χ1n) is 6.11. The van der Waals surface area contributed by atoms with E-state index in [1.54, 1.807) is 7.05 Å². The first-order chi connectivity index (χ1) is 9.66. The third kappa shape index (κ3) is 2.30. The Bertz CT molecular complexity index is 646. The molecule has 0 bridgehead atoms. The van der Waals surface area contributed by atoms with Crippen molar-refractivity contribution in [2.45, 2.75) is 0 Å². The molecular weight excluding hydrogens is 288 g/mol. The van der Waals surface area contributed by atoms with E-state index < -0.39 is 0 Å². The van der Waals surface area contributed by atoms with Gasteiger partial charge in [-0.2, -0.15) is 0 Å². The first-order valence-corrected chi connectivity index (χ1v) is 7.33. The molecule has 0 saturated carbocycles. The fourth-order valence-corrected chi connectivity index (χ4v) is 3.17. The fraction of sp³-hybridized carbons (Fsp3) is 0.0667. The highest BCUT2D eigenvalue weighted by Crippen LogP contribution is 2.34. The van der Waals surface area contributed by atoms with Crippen LogP contribution in [0.5, 0.6) is 0 Å². The molecule has 1 amide bonds. The van der Waals surface area contributed by atoms with Crippen molar-refractivity contribution >= 4 is 39.9 Å². The second-order valence-electron chi connectivity index (χ2n) is 4.39. The summed E-state index contributed by atoms with van der Waals surface area (Å²) in [6, 6.07) is 10.0. The molecule has 2 aliphatic rings. The number of hydrogen-bond acceptors (Lipinski definition) is 4. The highest BCUT2D eigenvalue weighted by Gasteiger charge is 2.30. The minimum Gasteiger partial charge on any atom is -0.324 e. The Morgan fingerprint density at radius 3 is 2.30 bits per heavy atom. The van der Waals surface area contributed by atoms with Crippen LogP contribution < -0.4 is 4.90 Å². The number of rotatable bonds is 1. The van der Waals surface area contributed by atoms with Crippen LogP contribution in [0.25, 0.3) is 0 Å². The van der Waals surface area contributed by atoms with Crippen molar-refractivity contribution in [3.8, 4) is 0 Å². The molecule has 1 fully saturated rings. The molecule has 5 heteroatoms. The summed E-state index contributed by atoms with van der Waals surface area (Å²) in [5.74, 6) is -0.0301. The van der Waals surface area contributed by atoms with E-state index in [1.807, 2.05) is 59.8 Å². The van der Waals surface area contributed by atoms with Gasteiger partial charge in [-0.1, -0.05) is 42.2 Å². The maximum absolute atomic E-state index is 12.0. The molecule has 0 unspecified atom stereocenters. The summed E-state index contributed by atoms with van der Waals surface area (Å²) in [6.07, 6.45) is 7.78. The summed E-state index contributed by atoms with van der Waals surface area (Å²) >= 11 is 6.49. The number of carbonyl (C=O) groups excluding carboxylic acids is 1. The largest absolute Gasteiger partial charge is 0.324 e. The number of anilines is 1. The van der Waals surface area contributed by atoms with Gasteiger partial charge in [-0.15, -0.1) is 0 Å². The van der Waals surface area contributed by atoms with Crippen LogP contribution >= 0.6 is 24.0 Å². The predicted octanol–water partition coefficient (Wildman–Crippen LogP) is 3.28. The van der Waals surface area contributed by atoms with Crippen molar-refractivity contribution in [1.82, 2.24) is 4.90 Å². The smallest absolute Gasteiger partial charge is 0.266 e. The van der Waals surface area contributed by atoms with Gasteiger partial charge in [0.15, 0.2) is 0 Å². The molecule has 100 valence electrons. The summed E-state index contributed by atoms with van der Waals surface area (Å²) in [4.78, 5) is 16.3. The van der Waals surface area contributed by atoms with Gasteiger partial charge in [-0.25, -0.2) is 0 Å². The fourth-order valence-electron chi connectivity index (χ4n) is 1.97. The number of carbonyl (C=O) groups is 1. The average molecular weight is 300 g/mol. The molecule has 1 aromatic carbocycles. The molecule has 0 atom stereocenters. The molecule has 3 rings (SSSR count). The third-order valence-electron chi connectivity index (χ3n) is 3.11. The summed E-state index contributed by atoms with van der Waals surface area (Å²) in [7, 11) is 1.71. The van der Waals surface area contributed by atoms with Crippen LogP contribution in [-0.4, -0.2) is 22.2 Å². The monoisotopic (exact) mass is 300 g/mol. The van der Waals surface area contributed by atoms with E-state index in [1.165, 1.54) is 16.7 Å². The maximum atomic E-state index is 12.0. The molecule has 2 heterocycles. The van der Waals surface area contributed by atoms with Gasteiger partial charge in [0.2, 0.25) is 0 Å². The topological polar surface area (TPSA) is 23.6 Å². The Morgan fingerprint density at radius 1 is 1.10 bits per heavy atom. The number of benzene rings is 1. The van der Waals surface area contributed by atoms with E-state index in [-0.39, 0.29) is 5.91 Å². The number of allylic oxidation sites excluding steroid dienone is 3. The van der Waals surface area contributed by atoms with Gasteiger partial charge in [0, 0.05) is 25.1 Å². The highest BCUT2D eigenvalue weighted by molar-refractivity contribution is 8.26. The van der Waals surface area contributed by atoms with Gasteiger partial charge in [0.05, 0.1) is 4.91 Å². The minimum atomic E-state index is -0.0301. The quantitative estimate of drug-likeness (QED) is 0.586. The lowest BCUT2D eigenvalue weighted by atomic mass is 10.1. The van der Waals surface area contributed by atoms with E-state index in [2.05, 4.69) is 0 Å². The lowest BCUT2D eigenvalue weighted by molar-refractivity contribution is -0.121. The molecule has 1 aromatic rings. The maximum Gasteiger partial charge on any atom is 0.266 e. The molecule has 2 aliphatic heterocycles. The van der Waals surface area contributed by atoms with Gasteiger partial charge in [-0.05, 0) is 29.9 Å². The van der Waals surface area contributed by atoms with Crippen LogP contribution in [0.4, 0.5) is 5.69 Å². The van der Waals surface area contributed by atoms with Crippen molar-refractivity contribution in [2.75, 3.05) is 11.9 Å². The Kier molecular flexibility index (Phi) is 3.46. The lowest BCUT2D eigenvalue weighted by Gasteiger charge is -2.19. The van der Waals surface area contributed by atoms with Gasteiger partial charge >= 0.3 is 0 Å². The van der Waals surface area contributed by atoms with Crippen LogP contribution in [0.2, 0.25) is 0 Å². The summed E-state index contributed by atoms with van der Waals surface area (Å²) in [5.41, 5.74) is 1.99. The summed E-state index contributed by atoms with van der Waals surface area (Å²) in [5, 5.41) is 0. The third-order valence-corrected chi connectivity index (χ3v) is 4.69. The Balaban J connectivity index is 1.87. The van der Waals surface area contributed by atoms with Gasteiger partial charge in [-0.3, -0.25) is 9.69 Å². The number of para-hydroxylation sites is 1. The number of likely N-dealkylation sites (N-methyl/N-ethyl adjacent to an activating group) is 1. The van der Waals surface area contributed by atoms with E-state index in [4.69, 9.17) is 12.2 Å². The second kappa shape index (κ2) is 5.26. The zero-order valence-corrected chi connectivity index (χ0v) is 12.4. The van der Waals surface area contributed by atoms with Crippen LogP contribution in [0, 0.1) is 0 Å². The zero-order valence-electron chi connectivity index (χ0n) is 10.8. The molecule has 20 heavy (non-hydrogen) atoms. The van der Waals surface area contributed by atoms with Gasteiger partial charge < -0.3 is 4.90 Å². The standard InChI is InChI=1S/C15H12N2OS2/c1-16-14(18)13(20-15(16)19)11-7-9-17(10-8-11)12-5-3-2-4-6-12/h2-10H,1H3. The zero-order chi connectivity index (χ0) is 14.1.